The normalized spacial score (nSPS) is 11.2. The Balaban J connectivity index is 1.59. The van der Waals surface area contributed by atoms with Crippen LogP contribution in [0.4, 0.5) is 5.69 Å². The monoisotopic (exact) mass is 448 g/mol. The Labute approximate surface area is 193 Å². The van der Waals surface area contributed by atoms with Crippen LogP contribution in [0, 0.1) is 0 Å². The van der Waals surface area contributed by atoms with Crippen LogP contribution in [-0.2, 0) is 11.2 Å². The van der Waals surface area contributed by atoms with Gasteiger partial charge >= 0.3 is 0 Å². The van der Waals surface area contributed by atoms with E-state index in [9.17, 15) is 9.59 Å². The predicted octanol–water partition coefficient (Wildman–Crippen LogP) is 4.08. The summed E-state index contributed by atoms with van der Waals surface area (Å²) in [5, 5.41) is 5.69. The van der Waals surface area contributed by atoms with Gasteiger partial charge < -0.3 is 24.8 Å². The number of benzene rings is 3. The molecule has 0 bridgehead atoms. The Hall–Kier alpha value is -4.00. The number of hydrogen-bond acceptors (Lipinski definition) is 5. The van der Waals surface area contributed by atoms with Gasteiger partial charge in [0.15, 0.2) is 17.6 Å². The number of rotatable bonds is 10. The second-order valence-electron chi connectivity index (χ2n) is 7.30. The van der Waals surface area contributed by atoms with Crippen LogP contribution in [0.25, 0.3) is 0 Å². The SMILES string of the molecule is COc1ccc(CCNC(=O)c2ccccc2NC(=O)[C@@H](C)Oc2ccccc2)cc1OC. The number of methoxy groups -OCH3 is 2. The van der Waals surface area contributed by atoms with Crippen LogP contribution in [-0.4, -0.2) is 38.7 Å². The summed E-state index contributed by atoms with van der Waals surface area (Å²) in [6.07, 6.45) is -0.115. The predicted molar refractivity (Wildman–Crippen MR) is 127 cm³/mol. The second kappa shape index (κ2) is 11.6. The first-order chi connectivity index (χ1) is 16.0. The molecule has 0 unspecified atom stereocenters. The van der Waals surface area contributed by atoms with Crippen molar-refractivity contribution in [2.45, 2.75) is 19.4 Å². The Bertz CT molecular complexity index is 1090. The summed E-state index contributed by atoms with van der Waals surface area (Å²) in [6.45, 7) is 2.08. The molecule has 0 heterocycles. The molecule has 0 aliphatic rings. The summed E-state index contributed by atoms with van der Waals surface area (Å²) in [7, 11) is 3.17. The van der Waals surface area contributed by atoms with Crippen molar-refractivity contribution in [3.05, 3.63) is 83.9 Å². The third kappa shape index (κ3) is 6.49. The van der Waals surface area contributed by atoms with Crippen molar-refractivity contribution in [3.63, 3.8) is 0 Å². The number of ether oxygens (including phenoxy) is 3. The van der Waals surface area contributed by atoms with Crippen molar-refractivity contribution in [2.75, 3.05) is 26.1 Å². The largest absolute Gasteiger partial charge is 0.493 e. The van der Waals surface area contributed by atoms with Crippen molar-refractivity contribution in [1.82, 2.24) is 5.32 Å². The lowest BCUT2D eigenvalue weighted by atomic mass is 10.1. The zero-order chi connectivity index (χ0) is 23.6. The minimum atomic E-state index is -0.728. The molecule has 0 saturated carbocycles. The summed E-state index contributed by atoms with van der Waals surface area (Å²) in [4.78, 5) is 25.4. The summed E-state index contributed by atoms with van der Waals surface area (Å²) in [5.74, 6) is 1.27. The molecule has 7 heteroatoms. The molecule has 1 atom stereocenters. The maximum Gasteiger partial charge on any atom is 0.265 e. The van der Waals surface area contributed by atoms with Gasteiger partial charge in [0, 0.05) is 6.54 Å². The third-order valence-electron chi connectivity index (χ3n) is 5.00. The smallest absolute Gasteiger partial charge is 0.265 e. The fraction of sp³-hybridized carbons (Fsp3) is 0.231. The quantitative estimate of drug-likeness (QED) is 0.488. The van der Waals surface area contributed by atoms with Crippen molar-refractivity contribution in [2.24, 2.45) is 0 Å². The molecular formula is C26H28N2O5. The molecule has 0 radical (unpaired) electrons. The summed E-state index contributed by atoms with van der Waals surface area (Å²) in [6, 6.07) is 21.6. The van der Waals surface area contributed by atoms with E-state index in [2.05, 4.69) is 10.6 Å². The van der Waals surface area contributed by atoms with Gasteiger partial charge in [-0.1, -0.05) is 36.4 Å². The van der Waals surface area contributed by atoms with Crippen LogP contribution in [0.5, 0.6) is 17.2 Å². The first kappa shape index (κ1) is 23.7. The summed E-state index contributed by atoms with van der Waals surface area (Å²) in [5.41, 5.74) is 1.81. The number of carbonyl (C=O) groups is 2. The molecule has 3 aromatic rings. The molecule has 0 spiro atoms. The highest BCUT2D eigenvalue weighted by molar-refractivity contribution is 6.04. The van der Waals surface area contributed by atoms with Gasteiger partial charge in [-0.15, -0.1) is 0 Å². The molecule has 172 valence electrons. The molecule has 7 nitrogen and oxygen atoms in total. The number of amides is 2. The summed E-state index contributed by atoms with van der Waals surface area (Å²) >= 11 is 0. The molecule has 3 aromatic carbocycles. The van der Waals surface area contributed by atoms with Crippen LogP contribution in [0.15, 0.2) is 72.8 Å². The lowest BCUT2D eigenvalue weighted by molar-refractivity contribution is -0.122. The fourth-order valence-corrected chi connectivity index (χ4v) is 3.23. The van der Waals surface area contributed by atoms with E-state index in [-0.39, 0.29) is 11.8 Å². The zero-order valence-corrected chi connectivity index (χ0v) is 19.0. The van der Waals surface area contributed by atoms with E-state index >= 15 is 0 Å². The first-order valence-electron chi connectivity index (χ1n) is 10.6. The van der Waals surface area contributed by atoms with Crippen molar-refractivity contribution < 1.29 is 23.8 Å². The van der Waals surface area contributed by atoms with E-state index in [0.29, 0.717) is 41.5 Å². The third-order valence-corrected chi connectivity index (χ3v) is 5.00. The first-order valence-corrected chi connectivity index (χ1v) is 10.6. The Morgan fingerprint density at radius 3 is 2.30 bits per heavy atom. The minimum Gasteiger partial charge on any atom is -0.493 e. The minimum absolute atomic E-state index is 0.275. The average molecular weight is 449 g/mol. The van der Waals surface area contributed by atoms with Gasteiger partial charge in [-0.25, -0.2) is 0 Å². The van der Waals surface area contributed by atoms with E-state index in [1.807, 2.05) is 36.4 Å². The van der Waals surface area contributed by atoms with Gasteiger partial charge in [0.2, 0.25) is 0 Å². The maximum atomic E-state index is 12.8. The highest BCUT2D eigenvalue weighted by Crippen LogP contribution is 2.27. The lowest BCUT2D eigenvalue weighted by Crippen LogP contribution is -2.32. The van der Waals surface area contributed by atoms with Gasteiger partial charge in [-0.3, -0.25) is 9.59 Å². The Morgan fingerprint density at radius 1 is 0.879 bits per heavy atom. The van der Waals surface area contributed by atoms with Crippen LogP contribution in [0.3, 0.4) is 0 Å². The van der Waals surface area contributed by atoms with Gasteiger partial charge in [-0.2, -0.15) is 0 Å². The number of hydrogen-bond donors (Lipinski definition) is 2. The Morgan fingerprint density at radius 2 is 1.58 bits per heavy atom. The van der Waals surface area contributed by atoms with Gasteiger partial charge in [0.1, 0.15) is 5.75 Å². The Kier molecular flexibility index (Phi) is 8.30. The average Bonchev–Trinajstić information content (AvgIpc) is 2.84. The topological polar surface area (TPSA) is 85.9 Å². The number of nitrogens with one attached hydrogen (secondary N) is 2. The van der Waals surface area contributed by atoms with E-state index in [4.69, 9.17) is 14.2 Å². The van der Waals surface area contributed by atoms with Gasteiger partial charge in [-0.05, 0) is 55.3 Å². The van der Waals surface area contributed by atoms with Crippen LogP contribution >= 0.6 is 0 Å². The standard InChI is InChI=1S/C26H28N2O5/c1-18(33-20-9-5-4-6-10-20)25(29)28-22-12-8-7-11-21(22)26(30)27-16-15-19-13-14-23(31-2)24(17-19)32-3/h4-14,17-18H,15-16H2,1-3H3,(H,27,30)(H,28,29)/t18-/m1/s1. The molecule has 33 heavy (non-hydrogen) atoms. The van der Waals surface area contributed by atoms with E-state index in [1.54, 1.807) is 57.5 Å². The number of carbonyl (C=O) groups excluding carboxylic acids is 2. The van der Waals surface area contributed by atoms with E-state index in [0.717, 1.165) is 5.56 Å². The molecule has 0 aliphatic carbocycles. The van der Waals surface area contributed by atoms with E-state index < -0.39 is 6.10 Å². The zero-order valence-electron chi connectivity index (χ0n) is 19.0. The molecule has 0 aromatic heterocycles. The van der Waals surface area contributed by atoms with Crippen molar-refractivity contribution in [1.29, 1.82) is 0 Å². The van der Waals surface area contributed by atoms with Crippen LogP contribution < -0.4 is 24.8 Å². The molecule has 0 fully saturated rings. The fourth-order valence-electron chi connectivity index (χ4n) is 3.23. The highest BCUT2D eigenvalue weighted by atomic mass is 16.5. The molecule has 3 rings (SSSR count). The molecule has 2 amide bonds. The van der Waals surface area contributed by atoms with Crippen molar-refractivity contribution >= 4 is 17.5 Å². The van der Waals surface area contributed by atoms with Gasteiger partial charge in [0.25, 0.3) is 11.8 Å². The van der Waals surface area contributed by atoms with Crippen LogP contribution in [0.1, 0.15) is 22.8 Å². The maximum absolute atomic E-state index is 12.8. The molecule has 2 N–H and O–H groups in total. The van der Waals surface area contributed by atoms with E-state index in [1.165, 1.54) is 0 Å². The molecule has 0 saturated heterocycles. The van der Waals surface area contributed by atoms with Gasteiger partial charge in [0.05, 0.1) is 25.5 Å². The van der Waals surface area contributed by atoms with Crippen LogP contribution in [0.2, 0.25) is 0 Å². The van der Waals surface area contributed by atoms with Crippen molar-refractivity contribution in [3.8, 4) is 17.2 Å². The number of anilines is 1. The highest BCUT2D eigenvalue weighted by Gasteiger charge is 2.18. The summed E-state index contributed by atoms with van der Waals surface area (Å²) < 4.78 is 16.2. The molecule has 0 aliphatic heterocycles. The number of para-hydroxylation sites is 2. The lowest BCUT2D eigenvalue weighted by Gasteiger charge is -2.16. The second-order valence-corrected chi connectivity index (χ2v) is 7.30. The molecular weight excluding hydrogens is 420 g/mol.